The molecule has 0 aliphatic carbocycles. The van der Waals surface area contributed by atoms with Gasteiger partial charge in [-0.1, -0.05) is 29.8 Å². The predicted octanol–water partition coefficient (Wildman–Crippen LogP) is 0.977. The second-order valence-electron chi connectivity index (χ2n) is 7.53. The Bertz CT molecular complexity index is 1120. The number of aryl methyl sites for hydroxylation is 1. The molecular formula is C21H25N3O5S. The first-order chi connectivity index (χ1) is 14.2. The van der Waals surface area contributed by atoms with E-state index in [1.54, 1.807) is 0 Å². The molecule has 3 rings (SSSR count). The van der Waals surface area contributed by atoms with E-state index in [9.17, 15) is 22.8 Å². The monoisotopic (exact) mass is 431 g/mol. The van der Waals surface area contributed by atoms with Crippen LogP contribution >= 0.6 is 0 Å². The highest BCUT2D eigenvalue weighted by Crippen LogP contribution is 2.12. The summed E-state index contributed by atoms with van der Waals surface area (Å²) in [5.74, 6) is -0.818. The molecule has 0 unspecified atom stereocenters. The molecule has 0 bridgehead atoms. The van der Waals surface area contributed by atoms with Crippen LogP contribution in [0.4, 0.5) is 0 Å². The number of benzene rings is 1. The number of aromatic nitrogens is 1. The molecule has 0 saturated heterocycles. The number of hydrogen-bond acceptors (Lipinski definition) is 5. The van der Waals surface area contributed by atoms with Gasteiger partial charge in [0.2, 0.25) is 0 Å². The molecule has 1 aliphatic heterocycles. The van der Waals surface area contributed by atoms with Crippen molar-refractivity contribution < 1.29 is 18.0 Å². The number of amides is 2. The number of nitrogens with zero attached hydrogens (tertiary/aromatic N) is 2. The van der Waals surface area contributed by atoms with E-state index < -0.39 is 21.3 Å². The minimum absolute atomic E-state index is 0.00365. The van der Waals surface area contributed by atoms with Crippen molar-refractivity contribution in [3.05, 3.63) is 69.1 Å². The highest BCUT2D eigenvalue weighted by atomic mass is 32.2. The number of carbonyl (C=O) groups is 2. The second kappa shape index (κ2) is 8.83. The van der Waals surface area contributed by atoms with Crippen LogP contribution in [-0.4, -0.2) is 54.8 Å². The number of pyridine rings is 1. The topological polar surface area (TPSA) is 106 Å². The molecule has 160 valence electrons. The summed E-state index contributed by atoms with van der Waals surface area (Å²) in [6, 6.07) is 10.6. The highest BCUT2D eigenvalue weighted by molar-refractivity contribution is 7.90. The SMILES string of the molecule is Cc1ccc(CNC(=O)c2ccc3n(c2=O)CCN(CCCS(C)(=O)=O)C3=O)cc1. The predicted molar refractivity (Wildman–Crippen MR) is 113 cm³/mol. The Morgan fingerprint density at radius 1 is 1.07 bits per heavy atom. The van der Waals surface area contributed by atoms with Crippen LogP contribution in [0.2, 0.25) is 0 Å². The zero-order valence-electron chi connectivity index (χ0n) is 17.1. The Balaban J connectivity index is 1.69. The van der Waals surface area contributed by atoms with E-state index >= 15 is 0 Å². The third-order valence-electron chi connectivity index (χ3n) is 5.04. The number of rotatable bonds is 7. The van der Waals surface area contributed by atoms with Gasteiger partial charge in [0, 0.05) is 32.4 Å². The summed E-state index contributed by atoms with van der Waals surface area (Å²) < 4.78 is 23.9. The van der Waals surface area contributed by atoms with Crippen LogP contribution < -0.4 is 10.9 Å². The van der Waals surface area contributed by atoms with Crippen molar-refractivity contribution in [1.29, 1.82) is 0 Å². The van der Waals surface area contributed by atoms with E-state index in [0.29, 0.717) is 26.1 Å². The first-order valence-corrected chi connectivity index (χ1v) is 11.8. The Labute approximate surface area is 175 Å². The van der Waals surface area contributed by atoms with Crippen LogP contribution in [-0.2, 0) is 22.9 Å². The van der Waals surface area contributed by atoms with E-state index in [2.05, 4.69) is 5.32 Å². The molecule has 0 radical (unpaired) electrons. The van der Waals surface area contributed by atoms with Gasteiger partial charge in [0.05, 0.1) is 5.75 Å². The summed E-state index contributed by atoms with van der Waals surface area (Å²) in [7, 11) is -3.09. The van der Waals surface area contributed by atoms with Gasteiger partial charge < -0.3 is 14.8 Å². The summed E-state index contributed by atoms with van der Waals surface area (Å²) in [4.78, 5) is 39.5. The number of nitrogens with one attached hydrogen (secondary N) is 1. The third kappa shape index (κ3) is 5.15. The summed E-state index contributed by atoms with van der Waals surface area (Å²) >= 11 is 0. The molecule has 30 heavy (non-hydrogen) atoms. The molecule has 2 amide bonds. The molecule has 2 aromatic rings. The fourth-order valence-corrected chi connectivity index (χ4v) is 4.01. The lowest BCUT2D eigenvalue weighted by atomic mass is 10.1. The van der Waals surface area contributed by atoms with Gasteiger partial charge in [-0.2, -0.15) is 0 Å². The fourth-order valence-electron chi connectivity index (χ4n) is 3.36. The quantitative estimate of drug-likeness (QED) is 0.703. The maximum absolute atomic E-state index is 12.8. The van der Waals surface area contributed by atoms with E-state index in [-0.39, 0.29) is 29.5 Å². The minimum Gasteiger partial charge on any atom is -0.348 e. The molecule has 0 saturated carbocycles. The lowest BCUT2D eigenvalue weighted by molar-refractivity contribution is 0.0699. The van der Waals surface area contributed by atoms with Crippen molar-refractivity contribution in [2.75, 3.05) is 25.1 Å². The molecule has 1 aromatic carbocycles. The van der Waals surface area contributed by atoms with Crippen molar-refractivity contribution in [3.8, 4) is 0 Å². The molecule has 1 N–H and O–H groups in total. The van der Waals surface area contributed by atoms with Gasteiger partial charge in [0.1, 0.15) is 21.1 Å². The van der Waals surface area contributed by atoms with Gasteiger partial charge in [0.15, 0.2) is 0 Å². The van der Waals surface area contributed by atoms with Gasteiger partial charge in [0.25, 0.3) is 17.4 Å². The Morgan fingerprint density at radius 3 is 2.43 bits per heavy atom. The first-order valence-electron chi connectivity index (χ1n) is 9.70. The number of sulfone groups is 1. The average Bonchev–Trinajstić information content (AvgIpc) is 2.68. The van der Waals surface area contributed by atoms with Crippen LogP contribution in [0.1, 0.15) is 38.4 Å². The van der Waals surface area contributed by atoms with Crippen LogP contribution in [0, 0.1) is 6.92 Å². The summed E-state index contributed by atoms with van der Waals surface area (Å²) in [6.07, 6.45) is 1.50. The van der Waals surface area contributed by atoms with Gasteiger partial charge in [-0.25, -0.2) is 8.42 Å². The van der Waals surface area contributed by atoms with Crippen LogP contribution in [0.3, 0.4) is 0 Å². The minimum atomic E-state index is -3.09. The standard InChI is InChI=1S/C21H25N3O5S/c1-15-4-6-16(7-5-15)14-22-19(25)17-8-9-18-21(27)23(10-3-13-30(2,28)29)11-12-24(18)20(17)26/h4-9H,3,10-14H2,1-2H3,(H,22,25). The summed E-state index contributed by atoms with van der Waals surface area (Å²) in [5, 5.41) is 2.74. The molecular weight excluding hydrogens is 406 g/mol. The fraction of sp³-hybridized carbons (Fsp3) is 0.381. The van der Waals surface area contributed by atoms with Crippen molar-refractivity contribution in [2.45, 2.75) is 26.4 Å². The zero-order valence-corrected chi connectivity index (χ0v) is 17.9. The van der Waals surface area contributed by atoms with Crippen LogP contribution in [0.25, 0.3) is 0 Å². The molecule has 0 atom stereocenters. The van der Waals surface area contributed by atoms with Crippen LogP contribution in [0.5, 0.6) is 0 Å². The zero-order chi connectivity index (χ0) is 21.9. The lowest BCUT2D eigenvalue weighted by Crippen LogP contribution is -2.46. The number of hydrogen-bond donors (Lipinski definition) is 1. The molecule has 2 heterocycles. The molecule has 1 aromatic heterocycles. The van der Waals surface area contributed by atoms with E-state index in [1.165, 1.54) is 21.6 Å². The Morgan fingerprint density at radius 2 is 1.77 bits per heavy atom. The van der Waals surface area contributed by atoms with Gasteiger partial charge in [-0.05, 0) is 31.0 Å². The number of carbonyl (C=O) groups excluding carboxylic acids is 2. The summed E-state index contributed by atoms with van der Waals surface area (Å²) in [6.45, 7) is 3.14. The second-order valence-corrected chi connectivity index (χ2v) is 9.79. The average molecular weight is 432 g/mol. The first kappa shape index (κ1) is 21.8. The van der Waals surface area contributed by atoms with Crippen molar-refractivity contribution in [3.63, 3.8) is 0 Å². The third-order valence-corrected chi connectivity index (χ3v) is 6.07. The molecule has 0 fully saturated rings. The van der Waals surface area contributed by atoms with Gasteiger partial charge in [-0.15, -0.1) is 0 Å². The van der Waals surface area contributed by atoms with Gasteiger partial charge >= 0.3 is 0 Å². The van der Waals surface area contributed by atoms with Crippen molar-refractivity contribution >= 4 is 21.7 Å². The van der Waals surface area contributed by atoms with E-state index in [0.717, 1.165) is 17.4 Å². The summed E-state index contributed by atoms with van der Waals surface area (Å²) in [5.41, 5.74) is 1.74. The van der Waals surface area contributed by atoms with E-state index in [1.807, 2.05) is 31.2 Å². The molecule has 1 aliphatic rings. The highest BCUT2D eigenvalue weighted by Gasteiger charge is 2.27. The van der Waals surface area contributed by atoms with Crippen molar-refractivity contribution in [1.82, 2.24) is 14.8 Å². The smallest absolute Gasteiger partial charge is 0.270 e. The van der Waals surface area contributed by atoms with Gasteiger partial charge in [-0.3, -0.25) is 14.4 Å². The lowest BCUT2D eigenvalue weighted by Gasteiger charge is -2.29. The maximum atomic E-state index is 12.8. The largest absolute Gasteiger partial charge is 0.348 e. The molecule has 9 heteroatoms. The number of fused-ring (bicyclic) bond motifs is 1. The Kier molecular flexibility index (Phi) is 6.40. The van der Waals surface area contributed by atoms with E-state index in [4.69, 9.17) is 0 Å². The Hall–Kier alpha value is -2.94. The maximum Gasteiger partial charge on any atom is 0.270 e. The van der Waals surface area contributed by atoms with Crippen LogP contribution in [0.15, 0.2) is 41.2 Å². The molecule has 8 nitrogen and oxygen atoms in total. The van der Waals surface area contributed by atoms with Crippen molar-refractivity contribution in [2.24, 2.45) is 0 Å². The molecule has 0 spiro atoms. The normalized spacial score (nSPS) is 13.8.